The van der Waals surface area contributed by atoms with Crippen LogP contribution in [0.3, 0.4) is 0 Å². The number of ether oxygens (including phenoxy) is 2. The molecule has 1 aromatic rings. The van der Waals surface area contributed by atoms with Gasteiger partial charge >= 0.3 is 0 Å². The number of nitrogens with two attached hydrogens (primary N) is 1. The monoisotopic (exact) mass is 221 g/mol. The van der Waals surface area contributed by atoms with Crippen LogP contribution in [0.2, 0.25) is 0 Å². The molecular weight excluding hydrogens is 202 g/mol. The highest BCUT2D eigenvalue weighted by Gasteiger charge is 2.28. The number of hydrogen-bond donors (Lipinski definition) is 1. The van der Waals surface area contributed by atoms with Crippen molar-refractivity contribution in [2.75, 3.05) is 20.3 Å². The Hall–Kier alpha value is -1.06. The third-order valence-corrected chi connectivity index (χ3v) is 3.14. The summed E-state index contributed by atoms with van der Waals surface area (Å²) in [6.07, 6.45) is 1.99. The Morgan fingerprint density at radius 1 is 1.50 bits per heavy atom. The molecule has 0 amide bonds. The Labute approximate surface area is 96.5 Å². The van der Waals surface area contributed by atoms with Gasteiger partial charge < -0.3 is 15.2 Å². The molecule has 0 aromatic heterocycles. The zero-order chi connectivity index (χ0) is 11.4. The Morgan fingerprint density at radius 3 is 3.12 bits per heavy atom. The smallest absolute Gasteiger partial charge is 0.122 e. The molecule has 88 valence electrons. The van der Waals surface area contributed by atoms with Crippen LogP contribution in [0.5, 0.6) is 5.75 Å². The fraction of sp³-hybridized carbons (Fsp3) is 0.538. The van der Waals surface area contributed by atoms with E-state index in [1.807, 2.05) is 18.2 Å². The van der Waals surface area contributed by atoms with Gasteiger partial charge in [-0.15, -0.1) is 0 Å². The second kappa shape index (κ2) is 5.32. The minimum absolute atomic E-state index is 0.166. The molecule has 0 radical (unpaired) electrons. The number of methoxy groups -OCH3 is 1. The molecule has 16 heavy (non-hydrogen) atoms. The number of benzene rings is 1. The van der Waals surface area contributed by atoms with Gasteiger partial charge in [-0.2, -0.15) is 0 Å². The van der Waals surface area contributed by atoms with Crippen LogP contribution in [0, 0.1) is 0 Å². The standard InChI is InChI=1S/C13H19NO2/c1-15-8-4-6-12(14)11-9-16-13-7-3-2-5-10(11)13/h2-3,5,7,11-12H,4,6,8-9,14H2,1H3. The summed E-state index contributed by atoms with van der Waals surface area (Å²) in [4.78, 5) is 0. The van der Waals surface area contributed by atoms with Crippen molar-refractivity contribution in [3.05, 3.63) is 29.8 Å². The molecule has 0 fully saturated rings. The maximum absolute atomic E-state index is 6.20. The van der Waals surface area contributed by atoms with Crippen LogP contribution in [0.15, 0.2) is 24.3 Å². The zero-order valence-corrected chi connectivity index (χ0v) is 9.69. The Kier molecular flexibility index (Phi) is 3.80. The highest BCUT2D eigenvalue weighted by Crippen LogP contribution is 2.35. The maximum atomic E-state index is 6.20. The third-order valence-electron chi connectivity index (χ3n) is 3.14. The Bertz CT molecular complexity index is 340. The molecule has 2 atom stereocenters. The Morgan fingerprint density at radius 2 is 2.31 bits per heavy atom. The van der Waals surface area contributed by atoms with Gasteiger partial charge in [-0.05, 0) is 18.9 Å². The summed E-state index contributed by atoms with van der Waals surface area (Å²) in [7, 11) is 1.72. The van der Waals surface area contributed by atoms with Crippen molar-refractivity contribution in [1.29, 1.82) is 0 Å². The van der Waals surface area contributed by atoms with E-state index >= 15 is 0 Å². The summed E-state index contributed by atoms with van der Waals surface area (Å²) < 4.78 is 10.7. The minimum Gasteiger partial charge on any atom is -0.493 e. The van der Waals surface area contributed by atoms with Gasteiger partial charge in [0.05, 0.1) is 6.61 Å². The lowest BCUT2D eigenvalue weighted by atomic mass is 9.91. The van der Waals surface area contributed by atoms with Crippen LogP contribution in [0.1, 0.15) is 24.3 Å². The first-order valence-electron chi connectivity index (χ1n) is 5.79. The molecule has 0 spiro atoms. The van der Waals surface area contributed by atoms with E-state index in [0.29, 0.717) is 12.5 Å². The summed E-state index contributed by atoms with van der Waals surface area (Å²) in [5.41, 5.74) is 7.46. The maximum Gasteiger partial charge on any atom is 0.122 e. The highest BCUT2D eigenvalue weighted by molar-refractivity contribution is 5.40. The van der Waals surface area contributed by atoms with Crippen molar-refractivity contribution in [1.82, 2.24) is 0 Å². The van der Waals surface area contributed by atoms with E-state index in [9.17, 15) is 0 Å². The summed E-state index contributed by atoms with van der Waals surface area (Å²) >= 11 is 0. The van der Waals surface area contributed by atoms with Gasteiger partial charge in [-0.25, -0.2) is 0 Å². The fourth-order valence-corrected chi connectivity index (χ4v) is 2.21. The van der Waals surface area contributed by atoms with Crippen molar-refractivity contribution < 1.29 is 9.47 Å². The second-order valence-corrected chi connectivity index (χ2v) is 4.25. The first kappa shape index (κ1) is 11.4. The van der Waals surface area contributed by atoms with Crippen molar-refractivity contribution >= 4 is 0 Å². The molecule has 3 nitrogen and oxygen atoms in total. The van der Waals surface area contributed by atoms with E-state index in [0.717, 1.165) is 25.2 Å². The van der Waals surface area contributed by atoms with E-state index in [-0.39, 0.29) is 6.04 Å². The van der Waals surface area contributed by atoms with Gasteiger partial charge in [0.2, 0.25) is 0 Å². The largest absolute Gasteiger partial charge is 0.493 e. The van der Waals surface area contributed by atoms with E-state index < -0.39 is 0 Å². The number of para-hydroxylation sites is 1. The molecule has 3 heteroatoms. The summed E-state index contributed by atoms with van der Waals surface area (Å²) in [5.74, 6) is 1.34. The normalized spacial score (nSPS) is 20.2. The van der Waals surface area contributed by atoms with Gasteiger partial charge in [0, 0.05) is 31.2 Å². The molecule has 0 saturated carbocycles. The molecular formula is C13H19NO2. The summed E-state index contributed by atoms with van der Waals surface area (Å²) in [5, 5.41) is 0. The van der Waals surface area contributed by atoms with E-state index in [1.165, 1.54) is 5.56 Å². The molecule has 0 aliphatic carbocycles. The van der Waals surface area contributed by atoms with Gasteiger partial charge in [-0.3, -0.25) is 0 Å². The molecule has 1 heterocycles. The fourth-order valence-electron chi connectivity index (χ4n) is 2.21. The molecule has 1 aliphatic heterocycles. The van der Waals surface area contributed by atoms with Crippen LogP contribution >= 0.6 is 0 Å². The van der Waals surface area contributed by atoms with Crippen molar-refractivity contribution in [3.63, 3.8) is 0 Å². The number of fused-ring (bicyclic) bond motifs is 1. The van der Waals surface area contributed by atoms with Crippen molar-refractivity contribution in [2.24, 2.45) is 5.73 Å². The lowest BCUT2D eigenvalue weighted by molar-refractivity contribution is 0.188. The van der Waals surface area contributed by atoms with Gasteiger partial charge in [0.1, 0.15) is 5.75 Å². The molecule has 2 N–H and O–H groups in total. The van der Waals surface area contributed by atoms with Gasteiger partial charge in [-0.1, -0.05) is 18.2 Å². The first-order valence-corrected chi connectivity index (χ1v) is 5.79. The summed E-state index contributed by atoms with van der Waals surface area (Å²) in [6, 6.07) is 8.33. The van der Waals surface area contributed by atoms with Crippen LogP contribution in [0.4, 0.5) is 0 Å². The average Bonchev–Trinajstić information content (AvgIpc) is 2.73. The van der Waals surface area contributed by atoms with Crippen molar-refractivity contribution in [2.45, 2.75) is 24.8 Å². The topological polar surface area (TPSA) is 44.5 Å². The quantitative estimate of drug-likeness (QED) is 0.772. The lowest BCUT2D eigenvalue weighted by Crippen LogP contribution is -2.29. The molecule has 1 aromatic carbocycles. The number of hydrogen-bond acceptors (Lipinski definition) is 3. The van der Waals surface area contributed by atoms with E-state index in [4.69, 9.17) is 15.2 Å². The van der Waals surface area contributed by atoms with E-state index in [1.54, 1.807) is 7.11 Å². The lowest BCUT2D eigenvalue weighted by Gasteiger charge is -2.17. The highest BCUT2D eigenvalue weighted by atomic mass is 16.5. The molecule has 1 aliphatic rings. The first-order chi connectivity index (χ1) is 7.83. The summed E-state index contributed by atoms with van der Waals surface area (Å²) in [6.45, 7) is 1.50. The SMILES string of the molecule is COCCCC(N)C1COc2ccccc21. The average molecular weight is 221 g/mol. The van der Waals surface area contributed by atoms with Crippen LogP contribution < -0.4 is 10.5 Å². The minimum atomic E-state index is 0.166. The van der Waals surface area contributed by atoms with Crippen LogP contribution in [0.25, 0.3) is 0 Å². The Balaban J connectivity index is 1.96. The predicted octanol–water partition coefficient (Wildman–Crippen LogP) is 1.92. The van der Waals surface area contributed by atoms with Crippen molar-refractivity contribution in [3.8, 4) is 5.75 Å². The molecule has 2 rings (SSSR count). The molecule has 2 unspecified atom stereocenters. The van der Waals surface area contributed by atoms with Gasteiger partial charge in [0.15, 0.2) is 0 Å². The van der Waals surface area contributed by atoms with Crippen LogP contribution in [-0.2, 0) is 4.74 Å². The molecule has 0 bridgehead atoms. The number of rotatable bonds is 5. The second-order valence-electron chi connectivity index (χ2n) is 4.25. The predicted molar refractivity (Wildman–Crippen MR) is 63.8 cm³/mol. The third kappa shape index (κ3) is 2.36. The zero-order valence-electron chi connectivity index (χ0n) is 9.69. The van der Waals surface area contributed by atoms with Crippen LogP contribution in [-0.4, -0.2) is 26.4 Å². The molecule has 0 saturated heterocycles. The van der Waals surface area contributed by atoms with E-state index in [2.05, 4.69) is 6.07 Å². The van der Waals surface area contributed by atoms with Gasteiger partial charge in [0.25, 0.3) is 0 Å².